The Morgan fingerprint density at radius 3 is 2.47 bits per heavy atom. The molecule has 4 heterocycles. The number of aryl methyl sites for hydroxylation is 1. The maximum absolute atomic E-state index is 14.2. The first-order valence-electron chi connectivity index (χ1n) is 14.4. The smallest absolute Gasteiger partial charge is 0.195 e. The van der Waals surface area contributed by atoms with Gasteiger partial charge in [-0.3, -0.25) is 9.69 Å². The summed E-state index contributed by atoms with van der Waals surface area (Å²) in [6.07, 6.45) is 4.99. The Bertz CT molecular complexity index is 1380. The summed E-state index contributed by atoms with van der Waals surface area (Å²) in [5.41, 5.74) is 14.1. The van der Waals surface area contributed by atoms with Crippen molar-refractivity contribution in [3.63, 3.8) is 0 Å². The molecule has 0 atom stereocenters. The maximum Gasteiger partial charge on any atom is 0.195 e. The Hall–Kier alpha value is -2.87. The highest BCUT2D eigenvalue weighted by Crippen LogP contribution is 2.51. The quantitative estimate of drug-likeness (QED) is 0.509. The van der Waals surface area contributed by atoms with E-state index in [9.17, 15) is 4.79 Å². The zero-order valence-corrected chi connectivity index (χ0v) is 22.4. The lowest BCUT2D eigenvalue weighted by atomic mass is 9.64. The second-order valence-corrected chi connectivity index (χ2v) is 11.5. The van der Waals surface area contributed by atoms with Crippen LogP contribution in [-0.2, 0) is 21.3 Å². The molecule has 0 unspecified atom stereocenters. The van der Waals surface area contributed by atoms with Gasteiger partial charge < -0.3 is 25.1 Å². The molecule has 0 bridgehead atoms. The summed E-state index contributed by atoms with van der Waals surface area (Å²) in [6, 6.07) is 11.1. The highest BCUT2D eigenvalue weighted by Gasteiger charge is 2.47. The van der Waals surface area contributed by atoms with Crippen LogP contribution in [0, 0.1) is 0 Å². The number of fused-ring (bicyclic) bond motifs is 6. The number of nitrogen functional groups attached to an aromatic ring is 1. The topological polar surface area (TPSA) is 83.8 Å². The summed E-state index contributed by atoms with van der Waals surface area (Å²) in [5, 5.41) is 0.975. The van der Waals surface area contributed by atoms with Crippen LogP contribution in [0.25, 0.3) is 10.9 Å². The number of nitrogens with zero attached hydrogens (tertiary/aromatic N) is 2. The third-order valence-corrected chi connectivity index (χ3v) is 9.60. The van der Waals surface area contributed by atoms with E-state index in [2.05, 4.69) is 33.8 Å². The molecule has 7 rings (SSSR count). The van der Waals surface area contributed by atoms with E-state index in [4.69, 9.17) is 15.2 Å². The van der Waals surface area contributed by atoms with Crippen LogP contribution in [0.2, 0.25) is 0 Å². The number of hydrogen-bond acceptors (Lipinski definition) is 6. The molecule has 2 aromatic carbocycles. The highest BCUT2D eigenvalue weighted by atomic mass is 16.5. The van der Waals surface area contributed by atoms with Crippen molar-refractivity contribution in [2.45, 2.75) is 50.5 Å². The van der Waals surface area contributed by atoms with Gasteiger partial charge in [-0.1, -0.05) is 13.0 Å². The molecule has 0 amide bonds. The Balaban J connectivity index is 1.30. The third kappa shape index (κ3) is 3.70. The molecule has 38 heavy (non-hydrogen) atoms. The van der Waals surface area contributed by atoms with Crippen molar-refractivity contribution in [3.8, 4) is 0 Å². The van der Waals surface area contributed by atoms with Gasteiger partial charge in [0, 0.05) is 84.4 Å². The molecule has 3 aromatic rings. The Morgan fingerprint density at radius 1 is 1.00 bits per heavy atom. The molecule has 0 saturated carbocycles. The number of carbonyl (C=O) groups excluding carboxylic acids is 1. The molecule has 7 nitrogen and oxygen atoms in total. The maximum atomic E-state index is 14.2. The van der Waals surface area contributed by atoms with Crippen LogP contribution in [0.3, 0.4) is 0 Å². The number of rotatable bonds is 3. The van der Waals surface area contributed by atoms with Crippen molar-refractivity contribution in [2.75, 3.05) is 63.2 Å². The van der Waals surface area contributed by atoms with Crippen LogP contribution < -0.4 is 10.6 Å². The Morgan fingerprint density at radius 2 is 1.74 bits per heavy atom. The van der Waals surface area contributed by atoms with Gasteiger partial charge in [-0.2, -0.15) is 0 Å². The van der Waals surface area contributed by atoms with Crippen LogP contribution in [0.5, 0.6) is 0 Å². The molecular weight excluding hydrogens is 476 g/mol. The Labute approximate surface area is 224 Å². The molecule has 1 aromatic heterocycles. The standard InChI is InChI=1S/C31H38N4O3/c1-2-20-17-24-25(19-27(20)35-9-5-22(6-10-35)34-11-15-38-16-12-34)31(7-13-37-14-8-31)30-28(29(24)36)23-4-3-21(32)18-26(23)33-30/h3-4,17-19,22,33H,2,5-16,32H2,1H3. The average molecular weight is 515 g/mol. The number of carbonyl (C=O) groups is 1. The van der Waals surface area contributed by atoms with Gasteiger partial charge in [-0.05, 0) is 67.5 Å². The lowest BCUT2D eigenvalue weighted by Crippen LogP contribution is -2.49. The van der Waals surface area contributed by atoms with Crippen molar-refractivity contribution < 1.29 is 14.3 Å². The first-order chi connectivity index (χ1) is 18.6. The number of aromatic nitrogens is 1. The zero-order chi connectivity index (χ0) is 25.9. The Kier molecular flexibility index (Phi) is 5.98. The number of ether oxygens (including phenoxy) is 2. The van der Waals surface area contributed by atoms with Gasteiger partial charge in [-0.15, -0.1) is 0 Å². The fourth-order valence-electron chi connectivity index (χ4n) is 7.53. The van der Waals surface area contributed by atoms with Gasteiger partial charge in [0.15, 0.2) is 5.78 Å². The predicted octanol–water partition coefficient (Wildman–Crippen LogP) is 4.25. The second kappa shape index (κ2) is 9.40. The first-order valence-corrected chi connectivity index (χ1v) is 14.4. The van der Waals surface area contributed by atoms with Crippen molar-refractivity contribution in [3.05, 3.63) is 58.3 Å². The van der Waals surface area contributed by atoms with Crippen molar-refractivity contribution in [1.82, 2.24) is 9.88 Å². The molecule has 3 fully saturated rings. The van der Waals surface area contributed by atoms with E-state index in [1.807, 2.05) is 18.2 Å². The average Bonchev–Trinajstić information content (AvgIpc) is 3.36. The number of nitrogens with one attached hydrogen (secondary N) is 1. The van der Waals surface area contributed by atoms with Gasteiger partial charge >= 0.3 is 0 Å². The number of H-pyrrole nitrogens is 1. The SMILES string of the molecule is CCc1cc2c(cc1N1CCC(N3CCOCC3)CC1)C1(CCOCC1)c1[nH]c3cc(N)ccc3c1C2=O. The number of aromatic amines is 1. The van der Waals surface area contributed by atoms with Crippen molar-refractivity contribution in [1.29, 1.82) is 0 Å². The largest absolute Gasteiger partial charge is 0.399 e. The van der Waals surface area contributed by atoms with Crippen LogP contribution in [-0.4, -0.2) is 74.3 Å². The number of piperidine rings is 1. The third-order valence-electron chi connectivity index (χ3n) is 9.60. The predicted molar refractivity (Wildman–Crippen MR) is 150 cm³/mol. The van der Waals surface area contributed by atoms with E-state index in [0.717, 1.165) is 86.4 Å². The van der Waals surface area contributed by atoms with E-state index in [0.29, 0.717) is 24.9 Å². The molecule has 200 valence electrons. The molecule has 4 aliphatic rings. The number of ketones is 1. The van der Waals surface area contributed by atoms with Gasteiger partial charge in [0.1, 0.15) is 0 Å². The molecular formula is C31H38N4O3. The van der Waals surface area contributed by atoms with Crippen molar-refractivity contribution in [2.24, 2.45) is 0 Å². The summed E-state index contributed by atoms with van der Waals surface area (Å²) < 4.78 is 11.4. The van der Waals surface area contributed by atoms with Gasteiger partial charge in [0.25, 0.3) is 0 Å². The number of morpholine rings is 1. The van der Waals surface area contributed by atoms with Gasteiger partial charge in [0.2, 0.25) is 0 Å². The molecule has 7 heteroatoms. The van der Waals surface area contributed by atoms with E-state index >= 15 is 0 Å². The van der Waals surface area contributed by atoms with Gasteiger partial charge in [0.05, 0.1) is 18.8 Å². The number of anilines is 2. The minimum absolute atomic E-state index is 0.135. The molecule has 1 aliphatic carbocycles. The summed E-state index contributed by atoms with van der Waals surface area (Å²) in [4.78, 5) is 23.0. The monoisotopic (exact) mass is 514 g/mol. The lowest BCUT2D eigenvalue weighted by Gasteiger charge is -2.44. The van der Waals surface area contributed by atoms with E-state index in [1.165, 1.54) is 29.7 Å². The van der Waals surface area contributed by atoms with E-state index in [-0.39, 0.29) is 11.2 Å². The van der Waals surface area contributed by atoms with Gasteiger partial charge in [-0.25, -0.2) is 0 Å². The summed E-state index contributed by atoms with van der Waals surface area (Å²) in [5.74, 6) is 0.135. The number of nitrogens with two attached hydrogens (primary N) is 1. The molecule has 3 aliphatic heterocycles. The van der Waals surface area contributed by atoms with Crippen LogP contribution in [0.15, 0.2) is 30.3 Å². The van der Waals surface area contributed by atoms with Crippen molar-refractivity contribution >= 4 is 28.1 Å². The minimum Gasteiger partial charge on any atom is -0.399 e. The van der Waals surface area contributed by atoms with Crippen LogP contribution >= 0.6 is 0 Å². The molecule has 3 saturated heterocycles. The van der Waals surface area contributed by atoms with E-state index < -0.39 is 0 Å². The minimum atomic E-state index is -0.252. The van der Waals surface area contributed by atoms with Crippen LogP contribution in [0.4, 0.5) is 11.4 Å². The first kappa shape index (κ1) is 24.2. The highest BCUT2D eigenvalue weighted by molar-refractivity contribution is 6.20. The van der Waals surface area contributed by atoms with Crippen LogP contribution in [0.1, 0.15) is 65.3 Å². The number of benzene rings is 2. The second-order valence-electron chi connectivity index (χ2n) is 11.5. The lowest BCUT2D eigenvalue weighted by molar-refractivity contribution is 0.0115. The van der Waals surface area contributed by atoms with E-state index in [1.54, 1.807) is 0 Å². The fraction of sp³-hybridized carbons (Fsp3) is 0.516. The number of hydrogen-bond donors (Lipinski definition) is 2. The summed E-state index contributed by atoms with van der Waals surface area (Å²) >= 11 is 0. The normalized spacial score (nSPS) is 22.1. The summed E-state index contributed by atoms with van der Waals surface area (Å²) in [7, 11) is 0. The fourth-order valence-corrected chi connectivity index (χ4v) is 7.53. The molecule has 3 N–H and O–H groups in total. The molecule has 0 radical (unpaired) electrons. The zero-order valence-electron chi connectivity index (χ0n) is 22.4. The summed E-state index contributed by atoms with van der Waals surface area (Å²) in [6.45, 7) is 9.51. The molecule has 1 spiro atoms.